The average molecular weight is 289 g/mol. The molecule has 0 spiro atoms. The minimum absolute atomic E-state index is 0.283. The van der Waals surface area contributed by atoms with Crippen LogP contribution in [-0.2, 0) is 4.79 Å². The molecule has 0 atom stereocenters. The van der Waals surface area contributed by atoms with Crippen LogP contribution in [0, 0.1) is 0 Å². The fraction of sp³-hybridized carbons (Fsp3) is 0.0769. The van der Waals surface area contributed by atoms with E-state index in [4.69, 9.17) is 5.11 Å². The van der Waals surface area contributed by atoms with E-state index in [1.165, 1.54) is 0 Å². The van der Waals surface area contributed by atoms with Crippen LogP contribution in [0.3, 0.4) is 0 Å². The Balaban J connectivity index is 2.45. The largest absolute Gasteiger partial charge is 0.480 e. The normalized spacial score (nSPS) is 10.1. The van der Waals surface area contributed by atoms with Gasteiger partial charge in [0.2, 0.25) is 0 Å². The summed E-state index contributed by atoms with van der Waals surface area (Å²) >= 11 is 0. The van der Waals surface area contributed by atoms with Crippen LogP contribution in [0.2, 0.25) is 0 Å². The number of aromatic nitrogens is 2. The molecule has 0 fully saturated rings. The third kappa shape index (κ3) is 3.44. The fourth-order valence-electron chi connectivity index (χ4n) is 1.75. The summed E-state index contributed by atoms with van der Waals surface area (Å²) in [5.41, 5.74) is -1.53. The summed E-state index contributed by atoms with van der Waals surface area (Å²) in [6.07, 6.45) is 0. The molecular formula is C13H11N3O5. The molecule has 0 saturated carbocycles. The Bertz CT molecular complexity index is 750. The molecule has 8 nitrogen and oxygen atoms in total. The van der Waals surface area contributed by atoms with Gasteiger partial charge in [0.05, 0.1) is 0 Å². The van der Waals surface area contributed by atoms with Crippen molar-refractivity contribution in [1.82, 2.24) is 9.97 Å². The van der Waals surface area contributed by atoms with Gasteiger partial charge in [-0.05, 0) is 12.1 Å². The molecule has 2 rings (SSSR count). The molecule has 21 heavy (non-hydrogen) atoms. The van der Waals surface area contributed by atoms with Gasteiger partial charge in [-0.2, -0.15) is 0 Å². The number of para-hydroxylation sites is 1. The van der Waals surface area contributed by atoms with Gasteiger partial charge in [0.15, 0.2) is 0 Å². The van der Waals surface area contributed by atoms with Gasteiger partial charge in [-0.25, -0.2) is 4.79 Å². The maximum atomic E-state index is 12.3. The molecule has 0 radical (unpaired) electrons. The Morgan fingerprint density at radius 1 is 1.10 bits per heavy atom. The molecule has 0 aliphatic heterocycles. The van der Waals surface area contributed by atoms with Gasteiger partial charge < -0.3 is 10.1 Å². The van der Waals surface area contributed by atoms with E-state index >= 15 is 0 Å². The Morgan fingerprint density at radius 3 is 2.33 bits per heavy atom. The van der Waals surface area contributed by atoms with Crippen LogP contribution in [0.5, 0.6) is 0 Å². The van der Waals surface area contributed by atoms with Crippen molar-refractivity contribution in [2.75, 3.05) is 11.4 Å². The zero-order valence-corrected chi connectivity index (χ0v) is 10.7. The molecule has 8 heteroatoms. The van der Waals surface area contributed by atoms with Crippen molar-refractivity contribution in [1.29, 1.82) is 0 Å². The molecule has 0 aliphatic rings. The second-order valence-electron chi connectivity index (χ2n) is 4.12. The number of aromatic amines is 2. The third-order valence-corrected chi connectivity index (χ3v) is 2.60. The Kier molecular flexibility index (Phi) is 3.98. The highest BCUT2D eigenvalue weighted by Gasteiger charge is 2.21. The molecule has 0 saturated heterocycles. The summed E-state index contributed by atoms with van der Waals surface area (Å²) in [7, 11) is 0. The number of hydrogen-bond acceptors (Lipinski definition) is 4. The molecule has 0 aliphatic carbocycles. The Morgan fingerprint density at radius 2 is 1.76 bits per heavy atom. The lowest BCUT2D eigenvalue weighted by Gasteiger charge is -2.20. The average Bonchev–Trinajstić information content (AvgIpc) is 2.44. The minimum Gasteiger partial charge on any atom is -0.480 e. The lowest BCUT2D eigenvalue weighted by molar-refractivity contribution is -0.135. The smallest absolute Gasteiger partial charge is 0.326 e. The number of nitrogens with one attached hydrogen (secondary N) is 2. The summed E-state index contributed by atoms with van der Waals surface area (Å²) in [6.45, 7) is -0.600. The van der Waals surface area contributed by atoms with Crippen molar-refractivity contribution >= 4 is 17.6 Å². The number of nitrogens with zero attached hydrogens (tertiary/aromatic N) is 1. The molecule has 1 heterocycles. The molecule has 3 N–H and O–H groups in total. The van der Waals surface area contributed by atoms with Gasteiger partial charge >= 0.3 is 11.7 Å². The van der Waals surface area contributed by atoms with E-state index in [0.717, 1.165) is 11.0 Å². The predicted octanol–water partition coefficient (Wildman–Crippen LogP) is -0.205. The van der Waals surface area contributed by atoms with Crippen molar-refractivity contribution in [3.05, 3.63) is 62.9 Å². The van der Waals surface area contributed by atoms with Crippen LogP contribution in [0.15, 0.2) is 46.0 Å². The van der Waals surface area contributed by atoms with E-state index in [1.807, 2.05) is 4.98 Å². The van der Waals surface area contributed by atoms with E-state index < -0.39 is 29.7 Å². The van der Waals surface area contributed by atoms with Crippen molar-refractivity contribution in [2.24, 2.45) is 0 Å². The van der Waals surface area contributed by atoms with E-state index in [9.17, 15) is 19.2 Å². The first-order valence-corrected chi connectivity index (χ1v) is 5.90. The quantitative estimate of drug-likeness (QED) is 0.718. The van der Waals surface area contributed by atoms with Crippen molar-refractivity contribution < 1.29 is 14.7 Å². The molecule has 108 valence electrons. The van der Waals surface area contributed by atoms with Crippen LogP contribution in [-0.4, -0.2) is 33.5 Å². The van der Waals surface area contributed by atoms with Crippen LogP contribution >= 0.6 is 0 Å². The first-order valence-electron chi connectivity index (χ1n) is 5.90. The molecule has 1 aromatic carbocycles. The number of anilines is 1. The summed E-state index contributed by atoms with van der Waals surface area (Å²) in [6, 6.07) is 8.98. The number of rotatable bonds is 4. The van der Waals surface area contributed by atoms with Gasteiger partial charge in [0.1, 0.15) is 12.2 Å². The molecule has 1 aromatic heterocycles. The predicted molar refractivity (Wildman–Crippen MR) is 73.4 cm³/mol. The fourth-order valence-corrected chi connectivity index (χ4v) is 1.75. The number of hydrogen-bond donors (Lipinski definition) is 3. The second kappa shape index (κ2) is 5.87. The monoisotopic (exact) mass is 289 g/mol. The van der Waals surface area contributed by atoms with E-state index in [-0.39, 0.29) is 5.69 Å². The standard InChI is InChI=1S/C13H11N3O5/c17-10-6-9(14-13(21)15-10)12(20)16(7-11(18)19)8-4-2-1-3-5-8/h1-6H,7H2,(H,18,19)(H2,14,15,17,21). The summed E-state index contributed by atoms with van der Waals surface area (Å²) in [4.78, 5) is 50.7. The topological polar surface area (TPSA) is 123 Å². The highest BCUT2D eigenvalue weighted by Crippen LogP contribution is 2.15. The van der Waals surface area contributed by atoms with E-state index in [2.05, 4.69) is 4.98 Å². The second-order valence-corrected chi connectivity index (χ2v) is 4.12. The minimum atomic E-state index is -1.22. The van der Waals surface area contributed by atoms with Crippen LogP contribution in [0.1, 0.15) is 10.5 Å². The number of amides is 1. The van der Waals surface area contributed by atoms with E-state index in [0.29, 0.717) is 5.69 Å². The Labute approximate surface area is 117 Å². The summed E-state index contributed by atoms with van der Waals surface area (Å²) in [5.74, 6) is -2.01. The number of carboxylic acids is 1. The van der Waals surface area contributed by atoms with Gasteiger partial charge in [-0.1, -0.05) is 18.2 Å². The first kappa shape index (κ1) is 14.3. The van der Waals surface area contributed by atoms with Gasteiger partial charge in [-0.15, -0.1) is 0 Å². The zero-order valence-electron chi connectivity index (χ0n) is 10.7. The number of benzene rings is 1. The van der Waals surface area contributed by atoms with Gasteiger partial charge in [-0.3, -0.25) is 24.3 Å². The highest BCUT2D eigenvalue weighted by atomic mass is 16.4. The van der Waals surface area contributed by atoms with Crippen LogP contribution in [0.4, 0.5) is 5.69 Å². The number of aliphatic carboxylic acids is 1. The summed E-state index contributed by atoms with van der Waals surface area (Å²) in [5, 5.41) is 8.92. The number of carboxylic acid groups (broad SMARTS) is 1. The molecule has 2 aromatic rings. The number of carbonyl (C=O) groups is 2. The van der Waals surface area contributed by atoms with Gasteiger partial charge in [0, 0.05) is 11.8 Å². The van der Waals surface area contributed by atoms with E-state index in [1.54, 1.807) is 30.3 Å². The SMILES string of the molecule is O=C(O)CN(C(=O)c1cc(=O)[nH]c(=O)[nH]1)c1ccccc1. The van der Waals surface area contributed by atoms with Crippen molar-refractivity contribution in [3.8, 4) is 0 Å². The highest BCUT2D eigenvalue weighted by molar-refractivity contribution is 6.06. The maximum absolute atomic E-state index is 12.3. The van der Waals surface area contributed by atoms with Crippen molar-refractivity contribution in [2.45, 2.75) is 0 Å². The number of H-pyrrole nitrogens is 2. The first-order chi connectivity index (χ1) is 9.97. The molecule has 1 amide bonds. The summed E-state index contributed by atoms with van der Waals surface area (Å²) < 4.78 is 0. The maximum Gasteiger partial charge on any atom is 0.326 e. The zero-order chi connectivity index (χ0) is 15.4. The number of carbonyl (C=O) groups excluding carboxylic acids is 1. The molecular weight excluding hydrogens is 278 g/mol. The lowest BCUT2D eigenvalue weighted by atomic mass is 10.2. The van der Waals surface area contributed by atoms with Crippen LogP contribution < -0.4 is 16.1 Å². The molecule has 0 bridgehead atoms. The van der Waals surface area contributed by atoms with Gasteiger partial charge in [0.25, 0.3) is 11.5 Å². The van der Waals surface area contributed by atoms with Crippen LogP contribution in [0.25, 0.3) is 0 Å². The molecule has 0 unspecified atom stereocenters. The lowest BCUT2D eigenvalue weighted by Crippen LogP contribution is -2.38. The third-order valence-electron chi connectivity index (χ3n) is 2.60. The Hall–Kier alpha value is -3.16. The van der Waals surface area contributed by atoms with Crippen molar-refractivity contribution in [3.63, 3.8) is 0 Å².